The summed E-state index contributed by atoms with van der Waals surface area (Å²) < 4.78 is 0. The first-order chi connectivity index (χ1) is 7.66. The van der Waals surface area contributed by atoms with E-state index in [2.05, 4.69) is 5.32 Å². The maximum atomic E-state index is 12.0. The first-order valence-corrected chi connectivity index (χ1v) is 5.96. The normalized spacial score (nSPS) is 20.2. The lowest BCUT2D eigenvalue weighted by Gasteiger charge is -2.43. The van der Waals surface area contributed by atoms with Gasteiger partial charge in [-0.2, -0.15) is 0 Å². The van der Waals surface area contributed by atoms with Crippen LogP contribution < -0.4 is 11.1 Å². The van der Waals surface area contributed by atoms with Gasteiger partial charge in [0.25, 0.3) is 0 Å². The predicted molar refractivity (Wildman–Crippen MR) is 64.4 cm³/mol. The molecule has 5 heteroatoms. The Kier molecular flexibility index (Phi) is 3.81. The Morgan fingerprint density at radius 1 is 1.41 bits per heavy atom. The molecule has 0 bridgehead atoms. The largest absolute Gasteiger partial charge is 0.481 e. The molecule has 0 heterocycles. The lowest BCUT2D eigenvalue weighted by atomic mass is 9.73. The molecular formula is C12H22N2O3. The van der Waals surface area contributed by atoms with Crippen LogP contribution in [0.5, 0.6) is 0 Å². The van der Waals surface area contributed by atoms with Crippen molar-refractivity contribution in [3.05, 3.63) is 0 Å². The smallest absolute Gasteiger partial charge is 0.305 e. The average Bonchev–Trinajstić information content (AvgIpc) is 2.10. The third-order valence-corrected chi connectivity index (χ3v) is 3.40. The number of amides is 1. The molecular weight excluding hydrogens is 220 g/mol. The van der Waals surface area contributed by atoms with Crippen LogP contribution in [0.1, 0.15) is 46.5 Å². The minimum absolute atomic E-state index is 0.0183. The highest BCUT2D eigenvalue weighted by Gasteiger charge is 2.42. The fraction of sp³-hybridized carbons (Fsp3) is 0.833. The van der Waals surface area contributed by atoms with E-state index in [9.17, 15) is 9.59 Å². The number of carbonyl (C=O) groups excluding carboxylic acids is 1. The van der Waals surface area contributed by atoms with Gasteiger partial charge in [-0.05, 0) is 24.7 Å². The van der Waals surface area contributed by atoms with Gasteiger partial charge in [-0.1, -0.05) is 20.8 Å². The Morgan fingerprint density at radius 3 is 2.24 bits per heavy atom. The summed E-state index contributed by atoms with van der Waals surface area (Å²) in [5, 5.41) is 11.7. The molecule has 1 rings (SSSR count). The van der Waals surface area contributed by atoms with Gasteiger partial charge in [0, 0.05) is 0 Å². The minimum Gasteiger partial charge on any atom is -0.481 e. The summed E-state index contributed by atoms with van der Waals surface area (Å²) in [5.74, 6) is -1.13. The topological polar surface area (TPSA) is 92.4 Å². The second kappa shape index (κ2) is 4.64. The number of carboxylic acids is 1. The van der Waals surface area contributed by atoms with Gasteiger partial charge >= 0.3 is 5.97 Å². The molecule has 98 valence electrons. The van der Waals surface area contributed by atoms with Crippen LogP contribution in [-0.4, -0.2) is 28.6 Å². The Bertz CT molecular complexity index is 316. The van der Waals surface area contributed by atoms with E-state index < -0.39 is 17.6 Å². The van der Waals surface area contributed by atoms with Crippen LogP contribution in [0.3, 0.4) is 0 Å². The first kappa shape index (κ1) is 14.0. The number of aliphatic carboxylic acids is 1. The van der Waals surface area contributed by atoms with Gasteiger partial charge < -0.3 is 16.2 Å². The highest BCUT2D eigenvalue weighted by molar-refractivity contribution is 5.84. The van der Waals surface area contributed by atoms with Crippen molar-refractivity contribution in [1.29, 1.82) is 0 Å². The summed E-state index contributed by atoms with van der Waals surface area (Å²) in [7, 11) is 0. The second-order valence-corrected chi connectivity index (χ2v) is 6.04. The Balaban J connectivity index is 2.63. The van der Waals surface area contributed by atoms with Crippen LogP contribution in [-0.2, 0) is 9.59 Å². The summed E-state index contributed by atoms with van der Waals surface area (Å²) in [5.41, 5.74) is 4.97. The predicted octanol–water partition coefficient (Wildman–Crippen LogP) is 0.873. The zero-order chi connectivity index (χ0) is 13.3. The van der Waals surface area contributed by atoms with E-state index in [1.807, 2.05) is 20.8 Å². The van der Waals surface area contributed by atoms with Gasteiger partial charge in [-0.15, -0.1) is 0 Å². The highest BCUT2D eigenvalue weighted by Crippen LogP contribution is 2.35. The maximum absolute atomic E-state index is 12.0. The molecule has 0 aromatic carbocycles. The van der Waals surface area contributed by atoms with Crippen LogP contribution in [0.4, 0.5) is 0 Å². The molecule has 0 saturated heterocycles. The van der Waals surface area contributed by atoms with Crippen molar-refractivity contribution in [3.63, 3.8) is 0 Å². The number of hydrogen-bond acceptors (Lipinski definition) is 3. The minimum atomic E-state index is -0.880. The molecule has 1 aliphatic carbocycles. The first-order valence-electron chi connectivity index (χ1n) is 5.96. The fourth-order valence-electron chi connectivity index (χ4n) is 1.97. The SMILES string of the molecule is CC(C)(C)[C@H](N)C(=O)NC1(CC(=O)O)CCC1. The lowest BCUT2D eigenvalue weighted by molar-refractivity contribution is -0.140. The number of carbonyl (C=O) groups is 2. The van der Waals surface area contributed by atoms with Crippen molar-refractivity contribution in [2.45, 2.75) is 58.0 Å². The molecule has 0 aromatic heterocycles. The van der Waals surface area contributed by atoms with Crippen molar-refractivity contribution < 1.29 is 14.7 Å². The number of nitrogens with two attached hydrogens (primary N) is 1. The molecule has 1 saturated carbocycles. The molecule has 1 aliphatic rings. The number of nitrogens with one attached hydrogen (secondary N) is 1. The van der Waals surface area contributed by atoms with Gasteiger partial charge in [0.1, 0.15) is 0 Å². The van der Waals surface area contributed by atoms with Gasteiger partial charge in [0.15, 0.2) is 0 Å². The molecule has 0 spiro atoms. The van der Waals surface area contributed by atoms with E-state index in [1.165, 1.54) is 0 Å². The van der Waals surface area contributed by atoms with E-state index >= 15 is 0 Å². The molecule has 1 fully saturated rings. The number of hydrogen-bond donors (Lipinski definition) is 3. The van der Waals surface area contributed by atoms with Crippen molar-refractivity contribution in [3.8, 4) is 0 Å². The fourth-order valence-corrected chi connectivity index (χ4v) is 1.97. The zero-order valence-corrected chi connectivity index (χ0v) is 10.7. The summed E-state index contributed by atoms with van der Waals surface area (Å²) in [6.07, 6.45) is 2.39. The van der Waals surface area contributed by atoms with Crippen LogP contribution >= 0.6 is 0 Å². The Labute approximate surface area is 102 Å². The Morgan fingerprint density at radius 2 is 1.94 bits per heavy atom. The highest BCUT2D eigenvalue weighted by atomic mass is 16.4. The van der Waals surface area contributed by atoms with E-state index in [1.54, 1.807) is 0 Å². The van der Waals surface area contributed by atoms with Crippen molar-refractivity contribution in [2.24, 2.45) is 11.1 Å². The summed E-state index contributed by atoms with van der Waals surface area (Å²) in [6, 6.07) is -0.617. The van der Waals surface area contributed by atoms with Crippen molar-refractivity contribution >= 4 is 11.9 Å². The molecule has 1 amide bonds. The van der Waals surface area contributed by atoms with E-state index in [4.69, 9.17) is 10.8 Å². The quantitative estimate of drug-likeness (QED) is 0.682. The molecule has 4 N–H and O–H groups in total. The number of rotatable bonds is 4. The monoisotopic (exact) mass is 242 g/mol. The molecule has 0 aliphatic heterocycles. The van der Waals surface area contributed by atoms with Crippen LogP contribution in [0, 0.1) is 5.41 Å². The van der Waals surface area contributed by atoms with Gasteiger partial charge in [0.2, 0.25) is 5.91 Å². The van der Waals surface area contributed by atoms with Gasteiger partial charge in [0.05, 0.1) is 18.0 Å². The summed E-state index contributed by atoms with van der Waals surface area (Å²) >= 11 is 0. The van der Waals surface area contributed by atoms with Crippen LogP contribution in [0.2, 0.25) is 0 Å². The number of carboxylic acid groups (broad SMARTS) is 1. The van der Waals surface area contributed by atoms with Gasteiger partial charge in [-0.25, -0.2) is 0 Å². The maximum Gasteiger partial charge on any atom is 0.305 e. The van der Waals surface area contributed by atoms with E-state index in [0.717, 1.165) is 19.3 Å². The van der Waals surface area contributed by atoms with Gasteiger partial charge in [-0.3, -0.25) is 9.59 Å². The Hall–Kier alpha value is -1.10. The molecule has 5 nitrogen and oxygen atoms in total. The molecule has 0 aromatic rings. The van der Waals surface area contributed by atoms with Crippen molar-refractivity contribution in [1.82, 2.24) is 5.32 Å². The zero-order valence-electron chi connectivity index (χ0n) is 10.7. The van der Waals surface area contributed by atoms with Crippen LogP contribution in [0.15, 0.2) is 0 Å². The molecule has 1 atom stereocenters. The summed E-state index contributed by atoms with van der Waals surface area (Å²) in [6.45, 7) is 5.67. The second-order valence-electron chi connectivity index (χ2n) is 6.04. The third-order valence-electron chi connectivity index (χ3n) is 3.40. The molecule has 17 heavy (non-hydrogen) atoms. The standard InChI is InChI=1S/C12H22N2O3/c1-11(2,3)9(13)10(17)14-12(5-4-6-12)7-8(15)16/h9H,4-7,13H2,1-3H3,(H,14,17)(H,15,16)/t9-/m1/s1. The van der Waals surface area contributed by atoms with E-state index in [-0.39, 0.29) is 17.7 Å². The third kappa shape index (κ3) is 3.43. The lowest BCUT2D eigenvalue weighted by Crippen LogP contribution is -2.60. The average molecular weight is 242 g/mol. The molecule has 0 radical (unpaired) electrons. The summed E-state index contributed by atoms with van der Waals surface area (Å²) in [4.78, 5) is 22.7. The van der Waals surface area contributed by atoms with E-state index in [0.29, 0.717) is 0 Å². The molecule has 0 unspecified atom stereocenters. The van der Waals surface area contributed by atoms with Crippen LogP contribution in [0.25, 0.3) is 0 Å². The van der Waals surface area contributed by atoms with Crippen molar-refractivity contribution in [2.75, 3.05) is 0 Å².